The highest BCUT2D eigenvalue weighted by Crippen LogP contribution is 2.27. The number of piperidine rings is 1. The minimum Gasteiger partial charge on any atom is -0.339 e. The SMILES string of the molecule is Cc1ccc(C(=O)N2CCC(c3nc(-c4cnccn4)n[nH]3)CC2)cc1C. The topological polar surface area (TPSA) is 87.7 Å². The van der Waals surface area contributed by atoms with Gasteiger partial charge < -0.3 is 4.90 Å². The van der Waals surface area contributed by atoms with Crippen LogP contribution in [0.4, 0.5) is 0 Å². The smallest absolute Gasteiger partial charge is 0.253 e. The molecule has 7 heteroatoms. The summed E-state index contributed by atoms with van der Waals surface area (Å²) < 4.78 is 0. The molecule has 0 spiro atoms. The number of rotatable bonds is 3. The lowest BCUT2D eigenvalue weighted by Gasteiger charge is -2.31. The number of aryl methyl sites for hydroxylation is 2. The zero-order chi connectivity index (χ0) is 18.8. The average Bonchev–Trinajstić information content (AvgIpc) is 3.21. The number of likely N-dealkylation sites (tertiary alicyclic amines) is 1. The van der Waals surface area contributed by atoms with Crippen LogP contribution < -0.4 is 0 Å². The molecule has 138 valence electrons. The van der Waals surface area contributed by atoms with E-state index in [1.165, 1.54) is 5.56 Å². The molecule has 1 fully saturated rings. The van der Waals surface area contributed by atoms with Crippen LogP contribution in [-0.4, -0.2) is 49.0 Å². The molecular formula is C20H22N6O. The summed E-state index contributed by atoms with van der Waals surface area (Å²) in [5.41, 5.74) is 3.77. The van der Waals surface area contributed by atoms with Crippen molar-refractivity contribution in [2.75, 3.05) is 13.1 Å². The minimum atomic E-state index is 0.106. The fraction of sp³-hybridized carbons (Fsp3) is 0.350. The molecule has 3 aromatic rings. The number of hydrogen-bond acceptors (Lipinski definition) is 5. The van der Waals surface area contributed by atoms with E-state index in [1.807, 2.05) is 30.0 Å². The van der Waals surface area contributed by atoms with E-state index in [1.54, 1.807) is 18.6 Å². The zero-order valence-electron chi connectivity index (χ0n) is 15.5. The fourth-order valence-corrected chi connectivity index (χ4v) is 3.40. The summed E-state index contributed by atoms with van der Waals surface area (Å²) in [6.45, 7) is 5.54. The number of amides is 1. The van der Waals surface area contributed by atoms with E-state index in [0.717, 1.165) is 42.9 Å². The van der Waals surface area contributed by atoms with Gasteiger partial charge in [-0.25, -0.2) is 9.97 Å². The first-order valence-electron chi connectivity index (χ1n) is 9.17. The third-order valence-corrected chi connectivity index (χ3v) is 5.22. The predicted molar refractivity (Wildman–Crippen MR) is 101 cm³/mol. The van der Waals surface area contributed by atoms with Crippen molar-refractivity contribution in [3.8, 4) is 11.5 Å². The van der Waals surface area contributed by atoms with Gasteiger partial charge in [0.1, 0.15) is 11.5 Å². The number of carbonyl (C=O) groups is 1. The molecule has 0 radical (unpaired) electrons. The molecule has 1 aliphatic heterocycles. The van der Waals surface area contributed by atoms with Crippen LogP contribution >= 0.6 is 0 Å². The third-order valence-electron chi connectivity index (χ3n) is 5.22. The van der Waals surface area contributed by atoms with E-state index >= 15 is 0 Å². The summed E-state index contributed by atoms with van der Waals surface area (Å²) in [6.07, 6.45) is 6.64. The summed E-state index contributed by atoms with van der Waals surface area (Å²) in [4.78, 5) is 27.6. The lowest BCUT2D eigenvalue weighted by atomic mass is 9.95. The largest absolute Gasteiger partial charge is 0.339 e. The Morgan fingerprint density at radius 3 is 2.67 bits per heavy atom. The monoisotopic (exact) mass is 362 g/mol. The maximum Gasteiger partial charge on any atom is 0.253 e. The molecule has 1 saturated heterocycles. The van der Waals surface area contributed by atoms with Crippen LogP contribution in [0.15, 0.2) is 36.8 Å². The first-order chi connectivity index (χ1) is 13.1. The maximum atomic E-state index is 12.8. The van der Waals surface area contributed by atoms with Crippen molar-refractivity contribution in [1.29, 1.82) is 0 Å². The van der Waals surface area contributed by atoms with Crippen molar-refractivity contribution < 1.29 is 4.79 Å². The van der Waals surface area contributed by atoms with Crippen LogP contribution in [0.1, 0.15) is 46.1 Å². The third kappa shape index (κ3) is 3.58. The fourth-order valence-electron chi connectivity index (χ4n) is 3.40. The minimum absolute atomic E-state index is 0.106. The van der Waals surface area contributed by atoms with Crippen molar-refractivity contribution in [2.24, 2.45) is 0 Å². The van der Waals surface area contributed by atoms with Crippen LogP contribution in [0.3, 0.4) is 0 Å². The van der Waals surface area contributed by atoms with E-state index in [-0.39, 0.29) is 11.8 Å². The van der Waals surface area contributed by atoms with Crippen molar-refractivity contribution in [1.82, 2.24) is 30.0 Å². The van der Waals surface area contributed by atoms with Gasteiger partial charge in [0.25, 0.3) is 5.91 Å². The van der Waals surface area contributed by atoms with E-state index in [4.69, 9.17) is 0 Å². The summed E-state index contributed by atoms with van der Waals surface area (Å²) in [5.74, 6) is 1.79. The van der Waals surface area contributed by atoms with Gasteiger partial charge >= 0.3 is 0 Å². The van der Waals surface area contributed by atoms with Gasteiger partial charge in [-0.05, 0) is 49.9 Å². The van der Waals surface area contributed by atoms with E-state index < -0.39 is 0 Å². The molecule has 1 aliphatic rings. The highest BCUT2D eigenvalue weighted by molar-refractivity contribution is 5.94. The van der Waals surface area contributed by atoms with Gasteiger partial charge in [-0.3, -0.25) is 14.9 Å². The Bertz CT molecular complexity index is 944. The molecule has 7 nitrogen and oxygen atoms in total. The van der Waals surface area contributed by atoms with Gasteiger partial charge in [0, 0.05) is 37.0 Å². The van der Waals surface area contributed by atoms with Gasteiger partial charge in [-0.2, -0.15) is 5.10 Å². The lowest BCUT2D eigenvalue weighted by Crippen LogP contribution is -2.38. The van der Waals surface area contributed by atoms with Crippen LogP contribution in [0, 0.1) is 13.8 Å². The number of nitrogens with one attached hydrogen (secondary N) is 1. The Kier molecular flexibility index (Phi) is 4.66. The van der Waals surface area contributed by atoms with E-state index in [2.05, 4.69) is 32.1 Å². The van der Waals surface area contributed by atoms with Gasteiger partial charge in [-0.1, -0.05) is 6.07 Å². The van der Waals surface area contributed by atoms with Crippen LogP contribution in [0.5, 0.6) is 0 Å². The lowest BCUT2D eigenvalue weighted by molar-refractivity contribution is 0.0711. The first kappa shape index (κ1) is 17.3. The second kappa shape index (κ2) is 7.26. The standard InChI is InChI=1S/C20H22N6O/c1-13-3-4-16(11-14(13)2)20(27)26-9-5-15(6-10-26)18-23-19(25-24-18)17-12-21-7-8-22-17/h3-4,7-8,11-12,15H,5-6,9-10H2,1-2H3,(H,23,24,25). The molecule has 2 aromatic heterocycles. The number of aromatic nitrogens is 5. The number of nitrogens with zero attached hydrogens (tertiary/aromatic N) is 5. The number of aromatic amines is 1. The number of carbonyl (C=O) groups excluding carboxylic acids is 1. The molecule has 1 N–H and O–H groups in total. The number of hydrogen-bond donors (Lipinski definition) is 1. The summed E-state index contributed by atoms with van der Waals surface area (Å²) in [5, 5.41) is 7.29. The Labute approximate surface area is 157 Å². The molecule has 3 heterocycles. The molecule has 0 aliphatic carbocycles. The molecule has 0 unspecified atom stereocenters. The predicted octanol–water partition coefficient (Wildman–Crippen LogP) is 2.90. The highest BCUT2D eigenvalue weighted by atomic mass is 16.2. The van der Waals surface area contributed by atoms with Gasteiger partial charge in [-0.15, -0.1) is 0 Å². The number of benzene rings is 1. The van der Waals surface area contributed by atoms with Crippen LogP contribution in [0.25, 0.3) is 11.5 Å². The van der Waals surface area contributed by atoms with Gasteiger partial charge in [0.15, 0.2) is 0 Å². The van der Waals surface area contributed by atoms with Crippen LogP contribution in [0.2, 0.25) is 0 Å². The second-order valence-corrected chi connectivity index (χ2v) is 7.00. The molecule has 1 amide bonds. The quantitative estimate of drug-likeness (QED) is 0.774. The van der Waals surface area contributed by atoms with Gasteiger partial charge in [0.2, 0.25) is 5.82 Å². The Morgan fingerprint density at radius 2 is 1.96 bits per heavy atom. The second-order valence-electron chi connectivity index (χ2n) is 7.00. The Morgan fingerprint density at radius 1 is 1.15 bits per heavy atom. The summed E-state index contributed by atoms with van der Waals surface area (Å²) in [6, 6.07) is 5.91. The molecule has 1 aromatic carbocycles. The van der Waals surface area contributed by atoms with Crippen molar-refractivity contribution in [3.63, 3.8) is 0 Å². The normalized spacial score (nSPS) is 15.1. The van der Waals surface area contributed by atoms with Crippen molar-refractivity contribution in [3.05, 3.63) is 59.3 Å². The molecule has 0 bridgehead atoms. The maximum absolute atomic E-state index is 12.8. The number of H-pyrrole nitrogens is 1. The summed E-state index contributed by atoms with van der Waals surface area (Å²) in [7, 11) is 0. The Balaban J connectivity index is 1.41. The molecular weight excluding hydrogens is 340 g/mol. The van der Waals surface area contributed by atoms with Crippen molar-refractivity contribution >= 4 is 5.91 Å². The average molecular weight is 362 g/mol. The van der Waals surface area contributed by atoms with Crippen LogP contribution in [-0.2, 0) is 0 Å². The molecule has 0 saturated carbocycles. The molecule has 27 heavy (non-hydrogen) atoms. The zero-order valence-corrected chi connectivity index (χ0v) is 15.5. The van der Waals surface area contributed by atoms with E-state index in [9.17, 15) is 4.79 Å². The van der Waals surface area contributed by atoms with Crippen molar-refractivity contribution in [2.45, 2.75) is 32.6 Å². The highest BCUT2D eigenvalue weighted by Gasteiger charge is 2.27. The molecule has 4 rings (SSSR count). The first-order valence-corrected chi connectivity index (χ1v) is 9.17. The summed E-state index contributed by atoms with van der Waals surface area (Å²) >= 11 is 0. The van der Waals surface area contributed by atoms with Gasteiger partial charge in [0.05, 0.1) is 6.20 Å². The Hall–Kier alpha value is -3.09. The van der Waals surface area contributed by atoms with E-state index in [0.29, 0.717) is 11.5 Å². The molecule has 0 atom stereocenters.